The lowest BCUT2D eigenvalue weighted by Crippen LogP contribution is -2.45. The van der Waals surface area contributed by atoms with Crippen LogP contribution < -0.4 is 10.5 Å². The molecule has 6 nitrogen and oxygen atoms in total. The molecule has 0 radical (unpaired) electrons. The average molecular weight is 250 g/mol. The van der Waals surface area contributed by atoms with E-state index in [0.717, 1.165) is 38.5 Å². The lowest BCUT2D eigenvalue weighted by molar-refractivity contribution is 0.312. The number of piperazine rings is 1. The second-order valence-corrected chi connectivity index (χ2v) is 4.98. The van der Waals surface area contributed by atoms with Gasteiger partial charge in [-0.1, -0.05) is 0 Å². The van der Waals surface area contributed by atoms with Crippen molar-refractivity contribution >= 4 is 5.69 Å². The van der Waals surface area contributed by atoms with E-state index in [4.69, 9.17) is 4.74 Å². The Kier molecular flexibility index (Phi) is 3.05. The highest BCUT2D eigenvalue weighted by atomic mass is 16.6. The van der Waals surface area contributed by atoms with Crippen molar-refractivity contribution in [3.63, 3.8) is 0 Å². The minimum absolute atomic E-state index is 0.0399. The molecule has 2 saturated heterocycles. The maximum Gasteiger partial charge on any atom is 0.268 e. The van der Waals surface area contributed by atoms with E-state index in [1.54, 1.807) is 12.3 Å². The molecule has 2 aliphatic heterocycles. The molecule has 3 rings (SSSR count). The summed E-state index contributed by atoms with van der Waals surface area (Å²) in [5.74, 6) is 0. The van der Waals surface area contributed by atoms with Crippen molar-refractivity contribution in [2.45, 2.75) is 12.6 Å². The van der Waals surface area contributed by atoms with E-state index in [1.807, 2.05) is 0 Å². The number of aromatic nitrogens is 2. The van der Waals surface area contributed by atoms with E-state index in [-0.39, 0.29) is 11.7 Å². The van der Waals surface area contributed by atoms with Crippen LogP contribution in [0.15, 0.2) is 17.1 Å². The van der Waals surface area contributed by atoms with Crippen LogP contribution in [0.1, 0.15) is 0 Å². The molecule has 0 saturated carbocycles. The van der Waals surface area contributed by atoms with Gasteiger partial charge in [0.15, 0.2) is 0 Å². The standard InChI is InChI=1S/C12H18N4O2/c1-14-2-4-15(5-3-14)10-6-12(17)16(13-7-10)8-11-9-18-11/h6-7,11H,2-5,8-9H2,1H3. The number of likely N-dealkylation sites (N-methyl/N-ethyl adjacent to an activating group) is 1. The number of nitrogens with zero attached hydrogens (tertiary/aromatic N) is 4. The Balaban J connectivity index is 1.72. The quantitative estimate of drug-likeness (QED) is 0.670. The maximum absolute atomic E-state index is 11.9. The third-order valence-corrected chi connectivity index (χ3v) is 3.50. The second-order valence-electron chi connectivity index (χ2n) is 4.98. The third-order valence-electron chi connectivity index (χ3n) is 3.50. The summed E-state index contributed by atoms with van der Waals surface area (Å²) in [4.78, 5) is 16.4. The highest BCUT2D eigenvalue weighted by Crippen LogP contribution is 2.13. The molecule has 2 fully saturated rings. The minimum atomic E-state index is -0.0399. The van der Waals surface area contributed by atoms with Gasteiger partial charge < -0.3 is 14.5 Å². The van der Waals surface area contributed by atoms with Gasteiger partial charge in [-0.25, -0.2) is 4.68 Å². The highest BCUT2D eigenvalue weighted by Gasteiger charge is 2.24. The average Bonchev–Trinajstić information content (AvgIpc) is 3.17. The van der Waals surface area contributed by atoms with Crippen LogP contribution in [0.3, 0.4) is 0 Å². The third kappa shape index (κ3) is 2.54. The molecule has 6 heteroatoms. The molecule has 0 bridgehead atoms. The van der Waals surface area contributed by atoms with Crippen LogP contribution >= 0.6 is 0 Å². The molecule has 2 aliphatic rings. The van der Waals surface area contributed by atoms with Gasteiger partial charge in [-0.15, -0.1) is 0 Å². The van der Waals surface area contributed by atoms with Crippen LogP contribution in [-0.2, 0) is 11.3 Å². The van der Waals surface area contributed by atoms with E-state index in [1.165, 1.54) is 4.68 Å². The van der Waals surface area contributed by atoms with Gasteiger partial charge in [0.1, 0.15) is 6.10 Å². The topological polar surface area (TPSA) is 53.9 Å². The smallest absolute Gasteiger partial charge is 0.268 e. The van der Waals surface area contributed by atoms with E-state index in [9.17, 15) is 4.79 Å². The molecule has 0 aromatic carbocycles. The number of anilines is 1. The summed E-state index contributed by atoms with van der Waals surface area (Å²) < 4.78 is 6.59. The number of hydrogen-bond acceptors (Lipinski definition) is 5. The molecule has 98 valence electrons. The molecule has 1 aromatic heterocycles. The Labute approximate surface area is 106 Å². The van der Waals surface area contributed by atoms with Gasteiger partial charge in [0.05, 0.1) is 25.0 Å². The normalized spacial score (nSPS) is 24.3. The Morgan fingerprint density at radius 3 is 2.72 bits per heavy atom. The minimum Gasteiger partial charge on any atom is -0.371 e. The summed E-state index contributed by atoms with van der Waals surface area (Å²) >= 11 is 0. The van der Waals surface area contributed by atoms with Gasteiger partial charge in [-0.2, -0.15) is 5.10 Å². The molecule has 3 heterocycles. The lowest BCUT2D eigenvalue weighted by atomic mass is 10.3. The fourth-order valence-electron chi connectivity index (χ4n) is 2.17. The molecule has 0 spiro atoms. The monoisotopic (exact) mass is 250 g/mol. The van der Waals surface area contributed by atoms with Crippen molar-refractivity contribution in [1.82, 2.24) is 14.7 Å². The van der Waals surface area contributed by atoms with E-state index in [2.05, 4.69) is 21.9 Å². The first kappa shape index (κ1) is 11.7. The molecule has 1 atom stereocenters. The SMILES string of the molecule is CN1CCN(c2cnn(CC3CO3)c(=O)c2)CC1. The molecule has 1 unspecified atom stereocenters. The number of hydrogen-bond donors (Lipinski definition) is 0. The van der Waals surface area contributed by atoms with E-state index < -0.39 is 0 Å². The van der Waals surface area contributed by atoms with Crippen molar-refractivity contribution in [2.24, 2.45) is 0 Å². The van der Waals surface area contributed by atoms with Crippen molar-refractivity contribution in [3.05, 3.63) is 22.6 Å². The van der Waals surface area contributed by atoms with Crippen LogP contribution in [-0.4, -0.2) is 60.6 Å². The molecule has 0 amide bonds. The Morgan fingerprint density at radius 2 is 2.11 bits per heavy atom. The van der Waals surface area contributed by atoms with Crippen LogP contribution in [0.4, 0.5) is 5.69 Å². The predicted molar refractivity (Wildman–Crippen MR) is 67.9 cm³/mol. The Morgan fingerprint density at radius 1 is 1.39 bits per heavy atom. The molecule has 1 aromatic rings. The van der Waals surface area contributed by atoms with E-state index in [0.29, 0.717) is 6.54 Å². The molecule has 18 heavy (non-hydrogen) atoms. The summed E-state index contributed by atoms with van der Waals surface area (Å²) in [6.07, 6.45) is 1.97. The van der Waals surface area contributed by atoms with Crippen molar-refractivity contribution in [1.29, 1.82) is 0 Å². The van der Waals surface area contributed by atoms with Crippen molar-refractivity contribution in [2.75, 3.05) is 44.7 Å². The van der Waals surface area contributed by atoms with Gasteiger partial charge >= 0.3 is 0 Å². The van der Waals surface area contributed by atoms with Gasteiger partial charge in [0, 0.05) is 32.2 Å². The maximum atomic E-state index is 11.9. The molecule has 0 aliphatic carbocycles. The van der Waals surface area contributed by atoms with Crippen LogP contribution in [0.5, 0.6) is 0 Å². The summed E-state index contributed by atoms with van der Waals surface area (Å²) in [7, 11) is 2.11. The van der Waals surface area contributed by atoms with E-state index >= 15 is 0 Å². The van der Waals surface area contributed by atoms with Crippen LogP contribution in [0.25, 0.3) is 0 Å². The van der Waals surface area contributed by atoms with Crippen molar-refractivity contribution < 1.29 is 4.74 Å². The van der Waals surface area contributed by atoms with Gasteiger partial charge in [-0.3, -0.25) is 4.79 Å². The fraction of sp³-hybridized carbons (Fsp3) is 0.667. The van der Waals surface area contributed by atoms with Gasteiger partial charge in [-0.05, 0) is 7.05 Å². The summed E-state index contributed by atoms with van der Waals surface area (Å²) in [6.45, 7) is 5.27. The summed E-state index contributed by atoms with van der Waals surface area (Å²) in [5.41, 5.74) is 0.892. The highest BCUT2D eigenvalue weighted by molar-refractivity contribution is 5.43. The number of rotatable bonds is 3. The van der Waals surface area contributed by atoms with Gasteiger partial charge in [0.2, 0.25) is 0 Å². The lowest BCUT2D eigenvalue weighted by Gasteiger charge is -2.33. The summed E-state index contributed by atoms with van der Waals surface area (Å²) in [6, 6.07) is 1.68. The molecular weight excluding hydrogens is 232 g/mol. The molecule has 0 N–H and O–H groups in total. The van der Waals surface area contributed by atoms with Gasteiger partial charge in [0.25, 0.3) is 5.56 Å². The Hall–Kier alpha value is -1.40. The second kappa shape index (κ2) is 4.70. The molecular formula is C12H18N4O2. The first-order valence-corrected chi connectivity index (χ1v) is 6.34. The zero-order valence-corrected chi connectivity index (χ0v) is 10.6. The Bertz CT molecular complexity index is 475. The van der Waals surface area contributed by atoms with Crippen LogP contribution in [0, 0.1) is 0 Å². The van der Waals surface area contributed by atoms with Crippen molar-refractivity contribution in [3.8, 4) is 0 Å². The van der Waals surface area contributed by atoms with Crippen LogP contribution in [0.2, 0.25) is 0 Å². The summed E-state index contributed by atoms with van der Waals surface area (Å²) in [5, 5.41) is 4.22. The zero-order chi connectivity index (χ0) is 12.5. The largest absolute Gasteiger partial charge is 0.371 e. The number of ether oxygens (including phenoxy) is 1. The first-order valence-electron chi connectivity index (χ1n) is 6.34. The number of epoxide rings is 1. The first-order chi connectivity index (χ1) is 8.72. The predicted octanol–water partition coefficient (Wildman–Crippen LogP) is -0.606. The fourth-order valence-corrected chi connectivity index (χ4v) is 2.17. The zero-order valence-electron chi connectivity index (χ0n) is 10.6.